The molecule has 0 aromatic carbocycles. The van der Waals surface area contributed by atoms with Crippen LogP contribution < -0.4 is 0 Å². The van der Waals surface area contributed by atoms with Gasteiger partial charge in [0.05, 0.1) is 37.3 Å². The third-order valence-corrected chi connectivity index (χ3v) is 4.64. The fraction of sp³-hybridized carbons (Fsp3) is 0.267. The van der Waals surface area contributed by atoms with Crippen LogP contribution in [0.15, 0.2) is 29.1 Å². The maximum Gasteiger partial charge on any atom is 0.272 e. The van der Waals surface area contributed by atoms with E-state index in [1.165, 1.54) is 0 Å². The minimum Gasteiger partial charge on any atom is -0.394 e. The van der Waals surface area contributed by atoms with Gasteiger partial charge in [-0.3, -0.25) is 14.6 Å². The van der Waals surface area contributed by atoms with Crippen molar-refractivity contribution < 1.29 is 9.90 Å². The van der Waals surface area contributed by atoms with E-state index in [-0.39, 0.29) is 12.5 Å². The molecule has 1 aliphatic heterocycles. The average Bonchev–Trinajstić information content (AvgIpc) is 3.32. The van der Waals surface area contributed by atoms with Gasteiger partial charge in [0.15, 0.2) is 0 Å². The van der Waals surface area contributed by atoms with Gasteiger partial charge in [-0.15, -0.1) is 0 Å². The van der Waals surface area contributed by atoms with Crippen LogP contribution >= 0.6 is 11.3 Å². The summed E-state index contributed by atoms with van der Waals surface area (Å²) in [5.41, 5.74) is 4.29. The normalized spacial score (nSPS) is 13.5. The number of thiophene rings is 1. The molecule has 4 heterocycles. The second-order valence-corrected chi connectivity index (χ2v) is 6.18. The highest BCUT2D eigenvalue weighted by molar-refractivity contribution is 7.08. The van der Waals surface area contributed by atoms with Crippen LogP contribution in [-0.4, -0.2) is 42.5 Å². The summed E-state index contributed by atoms with van der Waals surface area (Å²) < 4.78 is 1.76. The molecule has 0 aliphatic carbocycles. The summed E-state index contributed by atoms with van der Waals surface area (Å²) in [7, 11) is 0. The first-order chi connectivity index (χ1) is 11.3. The Balaban J connectivity index is 1.52. The third kappa shape index (κ3) is 2.45. The summed E-state index contributed by atoms with van der Waals surface area (Å²) in [6.07, 6.45) is 1.77. The minimum atomic E-state index is -0.0780. The molecule has 0 fully saturated rings. The van der Waals surface area contributed by atoms with Crippen LogP contribution in [-0.2, 0) is 19.6 Å². The molecule has 0 unspecified atom stereocenters. The van der Waals surface area contributed by atoms with Crippen molar-refractivity contribution >= 4 is 17.2 Å². The summed E-state index contributed by atoms with van der Waals surface area (Å²) in [5.74, 6) is -0.0780. The van der Waals surface area contributed by atoms with Gasteiger partial charge in [0.25, 0.3) is 5.91 Å². The molecule has 4 rings (SSSR count). The Morgan fingerprint density at radius 3 is 3.13 bits per heavy atom. The maximum atomic E-state index is 12.6. The predicted octanol–water partition coefficient (Wildman–Crippen LogP) is 1.48. The maximum absolute atomic E-state index is 12.6. The number of nitrogens with zero attached hydrogens (tertiary/aromatic N) is 4. The molecule has 0 saturated heterocycles. The molecule has 8 heteroatoms. The lowest BCUT2D eigenvalue weighted by molar-refractivity contribution is 0.0741. The highest BCUT2D eigenvalue weighted by atomic mass is 32.1. The number of amides is 1. The number of aromatic amines is 1. The molecule has 0 spiro atoms. The van der Waals surface area contributed by atoms with Crippen LogP contribution in [0.4, 0.5) is 0 Å². The molecule has 7 nitrogen and oxygen atoms in total. The number of carbonyl (C=O) groups excluding carboxylic acids is 1. The molecule has 1 amide bonds. The molecule has 118 valence electrons. The molecular weight excluding hydrogens is 314 g/mol. The number of nitrogens with one attached hydrogen (secondary N) is 1. The van der Waals surface area contributed by atoms with E-state index in [2.05, 4.69) is 15.3 Å². The van der Waals surface area contributed by atoms with E-state index in [9.17, 15) is 4.79 Å². The number of aliphatic hydroxyl groups is 1. The zero-order valence-corrected chi connectivity index (χ0v) is 13.1. The van der Waals surface area contributed by atoms with E-state index in [1.807, 2.05) is 16.8 Å². The van der Waals surface area contributed by atoms with Gasteiger partial charge in [0.2, 0.25) is 0 Å². The second kappa shape index (κ2) is 5.64. The standard InChI is InChI=1S/C15H15N5O2S/c21-3-2-20-14-8-19(7-11(14)6-16-20)15(22)13-5-12(17-18-13)10-1-4-23-9-10/h1,4-6,9,21H,2-3,7-8H2,(H,17,18). The van der Waals surface area contributed by atoms with Gasteiger partial charge in [-0.05, 0) is 17.5 Å². The summed E-state index contributed by atoms with van der Waals surface area (Å²) in [4.78, 5) is 14.4. The topological polar surface area (TPSA) is 87.0 Å². The van der Waals surface area contributed by atoms with Crippen LogP contribution in [0.3, 0.4) is 0 Å². The number of H-pyrrole nitrogens is 1. The van der Waals surface area contributed by atoms with Crippen LogP contribution in [0, 0.1) is 0 Å². The van der Waals surface area contributed by atoms with Crippen molar-refractivity contribution in [2.75, 3.05) is 6.61 Å². The molecule has 3 aromatic heterocycles. The molecule has 0 bridgehead atoms. The van der Waals surface area contributed by atoms with Crippen LogP contribution in [0.5, 0.6) is 0 Å². The number of rotatable bonds is 4. The van der Waals surface area contributed by atoms with Crippen LogP contribution in [0.1, 0.15) is 21.7 Å². The highest BCUT2D eigenvalue weighted by Crippen LogP contribution is 2.25. The summed E-state index contributed by atoms with van der Waals surface area (Å²) in [6.45, 7) is 1.52. The second-order valence-electron chi connectivity index (χ2n) is 5.40. The zero-order valence-electron chi connectivity index (χ0n) is 12.3. The van der Waals surface area contributed by atoms with E-state index in [0.717, 1.165) is 22.5 Å². The predicted molar refractivity (Wildman–Crippen MR) is 84.8 cm³/mol. The fourth-order valence-electron chi connectivity index (χ4n) is 2.80. The zero-order chi connectivity index (χ0) is 15.8. The number of hydrogen-bond acceptors (Lipinski definition) is 5. The number of hydrogen-bond donors (Lipinski definition) is 2. The smallest absolute Gasteiger partial charge is 0.272 e. The molecule has 0 radical (unpaired) electrons. The van der Waals surface area contributed by atoms with Gasteiger partial charge in [-0.2, -0.15) is 21.5 Å². The first-order valence-electron chi connectivity index (χ1n) is 7.28. The Hall–Kier alpha value is -2.45. The molecule has 0 saturated carbocycles. The van der Waals surface area contributed by atoms with Crippen LogP contribution in [0.2, 0.25) is 0 Å². The van der Waals surface area contributed by atoms with Gasteiger partial charge < -0.3 is 10.0 Å². The Kier molecular flexibility index (Phi) is 3.47. The Bertz CT molecular complexity index is 836. The largest absolute Gasteiger partial charge is 0.394 e. The quantitative estimate of drug-likeness (QED) is 0.759. The number of aliphatic hydroxyl groups excluding tert-OH is 1. The SMILES string of the molecule is O=C(c1cc(-c2ccsc2)n[nH]1)N1Cc2cnn(CCO)c2C1. The third-order valence-electron chi connectivity index (χ3n) is 3.96. The Morgan fingerprint density at radius 2 is 2.35 bits per heavy atom. The number of carbonyl (C=O) groups is 1. The molecule has 3 aromatic rings. The van der Waals surface area contributed by atoms with Crippen molar-refractivity contribution in [1.82, 2.24) is 24.9 Å². The Labute approximate surface area is 136 Å². The van der Waals surface area contributed by atoms with Crippen molar-refractivity contribution in [3.63, 3.8) is 0 Å². The molecule has 23 heavy (non-hydrogen) atoms. The molecule has 1 aliphatic rings. The van der Waals surface area contributed by atoms with E-state index in [1.54, 1.807) is 33.2 Å². The van der Waals surface area contributed by atoms with Crippen molar-refractivity contribution in [3.8, 4) is 11.3 Å². The molecular formula is C15H15N5O2S. The highest BCUT2D eigenvalue weighted by Gasteiger charge is 2.28. The van der Waals surface area contributed by atoms with E-state index in [4.69, 9.17) is 5.11 Å². The van der Waals surface area contributed by atoms with E-state index in [0.29, 0.717) is 25.3 Å². The van der Waals surface area contributed by atoms with Crippen molar-refractivity contribution in [2.24, 2.45) is 0 Å². The van der Waals surface area contributed by atoms with Gasteiger partial charge in [0, 0.05) is 23.1 Å². The van der Waals surface area contributed by atoms with E-state index < -0.39 is 0 Å². The Morgan fingerprint density at radius 1 is 1.43 bits per heavy atom. The van der Waals surface area contributed by atoms with Gasteiger partial charge in [-0.1, -0.05) is 0 Å². The summed E-state index contributed by atoms with van der Waals surface area (Å²) in [6, 6.07) is 3.76. The lowest BCUT2D eigenvalue weighted by Crippen LogP contribution is -2.26. The van der Waals surface area contributed by atoms with Gasteiger partial charge in [0.1, 0.15) is 5.69 Å². The average molecular weight is 329 g/mol. The molecule has 0 atom stereocenters. The van der Waals surface area contributed by atoms with Crippen LogP contribution in [0.25, 0.3) is 11.3 Å². The van der Waals surface area contributed by atoms with Crippen molar-refractivity contribution in [2.45, 2.75) is 19.6 Å². The minimum absolute atomic E-state index is 0.0343. The van der Waals surface area contributed by atoms with E-state index >= 15 is 0 Å². The summed E-state index contributed by atoms with van der Waals surface area (Å²) >= 11 is 1.60. The van der Waals surface area contributed by atoms with Crippen molar-refractivity contribution in [1.29, 1.82) is 0 Å². The first-order valence-corrected chi connectivity index (χ1v) is 8.22. The molecule has 2 N–H and O–H groups in total. The first kappa shape index (κ1) is 14.2. The van der Waals surface area contributed by atoms with Gasteiger partial charge in [-0.25, -0.2) is 0 Å². The summed E-state index contributed by atoms with van der Waals surface area (Å²) in [5, 5.41) is 24.3. The fourth-order valence-corrected chi connectivity index (χ4v) is 3.45. The number of aromatic nitrogens is 4. The monoisotopic (exact) mass is 329 g/mol. The lowest BCUT2D eigenvalue weighted by atomic mass is 10.2. The lowest BCUT2D eigenvalue weighted by Gasteiger charge is -2.14. The van der Waals surface area contributed by atoms with Crippen molar-refractivity contribution in [3.05, 3.63) is 46.0 Å². The van der Waals surface area contributed by atoms with Gasteiger partial charge >= 0.3 is 0 Å². The number of fused-ring (bicyclic) bond motifs is 1.